The first kappa shape index (κ1) is 21.1. The van der Waals surface area contributed by atoms with Crippen molar-refractivity contribution in [2.24, 2.45) is 0 Å². The number of nitrogens with one attached hydrogen (secondary N) is 2. The Labute approximate surface area is 185 Å². The normalized spacial score (nSPS) is 21.2. The molecule has 0 unspecified atom stereocenters. The SMILES string of the molecule is C[C@]1(c2ccccc2Cl)NC(=O)N(CC(=O)Nc2ccc(N3CCOCC3)cc2)C1=O. The lowest BCUT2D eigenvalue weighted by Crippen LogP contribution is -2.42. The minimum atomic E-state index is -1.32. The molecule has 2 aromatic rings. The third-order valence-corrected chi connectivity index (χ3v) is 5.85. The van der Waals surface area contributed by atoms with Gasteiger partial charge in [-0.15, -0.1) is 0 Å². The van der Waals surface area contributed by atoms with Crippen molar-refractivity contribution in [3.63, 3.8) is 0 Å². The molecule has 2 saturated heterocycles. The molecule has 4 amide bonds. The number of urea groups is 1. The van der Waals surface area contributed by atoms with Gasteiger partial charge in [0.2, 0.25) is 5.91 Å². The number of ether oxygens (including phenoxy) is 1. The van der Waals surface area contributed by atoms with E-state index < -0.39 is 29.9 Å². The number of hydrogen-bond donors (Lipinski definition) is 2. The zero-order valence-corrected chi connectivity index (χ0v) is 17.8. The number of rotatable bonds is 5. The molecule has 0 radical (unpaired) electrons. The molecule has 2 aliphatic heterocycles. The van der Waals surface area contributed by atoms with E-state index in [1.54, 1.807) is 43.3 Å². The average molecular weight is 443 g/mol. The lowest BCUT2D eigenvalue weighted by molar-refractivity contribution is -0.133. The molecule has 8 nitrogen and oxygen atoms in total. The van der Waals surface area contributed by atoms with Gasteiger partial charge in [0.1, 0.15) is 12.1 Å². The zero-order chi connectivity index (χ0) is 22.0. The maximum atomic E-state index is 13.0. The summed E-state index contributed by atoms with van der Waals surface area (Å²) in [5, 5.41) is 5.76. The zero-order valence-electron chi connectivity index (χ0n) is 17.1. The van der Waals surface area contributed by atoms with Gasteiger partial charge in [-0.25, -0.2) is 4.79 Å². The standard InChI is InChI=1S/C22H23ClN4O4/c1-22(17-4-2-3-5-18(17)23)20(29)27(21(30)25-22)14-19(28)24-15-6-8-16(9-7-15)26-10-12-31-13-11-26/h2-9H,10-14H2,1H3,(H,24,28)(H,25,30)/t22-/m1/s1. The van der Waals surface area contributed by atoms with Gasteiger partial charge in [-0.2, -0.15) is 0 Å². The lowest BCUT2D eigenvalue weighted by Gasteiger charge is -2.28. The second kappa shape index (κ2) is 8.56. The summed E-state index contributed by atoms with van der Waals surface area (Å²) >= 11 is 6.22. The predicted octanol–water partition coefficient (Wildman–Crippen LogP) is 2.58. The quantitative estimate of drug-likeness (QED) is 0.694. The minimum absolute atomic E-state index is 0.366. The van der Waals surface area contributed by atoms with E-state index in [0.717, 1.165) is 23.7 Å². The molecule has 9 heteroatoms. The van der Waals surface area contributed by atoms with E-state index >= 15 is 0 Å². The van der Waals surface area contributed by atoms with E-state index in [9.17, 15) is 14.4 Å². The Morgan fingerprint density at radius 1 is 1.13 bits per heavy atom. The number of anilines is 2. The van der Waals surface area contributed by atoms with Gasteiger partial charge in [-0.1, -0.05) is 29.8 Å². The maximum Gasteiger partial charge on any atom is 0.325 e. The number of hydrogen-bond acceptors (Lipinski definition) is 5. The van der Waals surface area contributed by atoms with Crippen LogP contribution < -0.4 is 15.5 Å². The highest BCUT2D eigenvalue weighted by atomic mass is 35.5. The Hall–Kier alpha value is -3.10. The van der Waals surface area contributed by atoms with Gasteiger partial charge in [0.25, 0.3) is 5.91 Å². The number of nitrogens with zero attached hydrogens (tertiary/aromatic N) is 2. The molecular weight excluding hydrogens is 420 g/mol. The number of morpholine rings is 1. The van der Waals surface area contributed by atoms with Crippen molar-refractivity contribution in [3.8, 4) is 0 Å². The highest BCUT2D eigenvalue weighted by Crippen LogP contribution is 2.33. The maximum absolute atomic E-state index is 13.0. The van der Waals surface area contributed by atoms with Crippen molar-refractivity contribution in [2.45, 2.75) is 12.5 Å². The summed E-state index contributed by atoms with van der Waals surface area (Å²) in [7, 11) is 0. The first-order valence-electron chi connectivity index (χ1n) is 10.0. The molecule has 4 rings (SSSR count). The third kappa shape index (κ3) is 4.22. The second-order valence-corrected chi connectivity index (χ2v) is 8.03. The summed E-state index contributed by atoms with van der Waals surface area (Å²) in [6.07, 6.45) is 0. The lowest BCUT2D eigenvalue weighted by atomic mass is 9.92. The summed E-state index contributed by atoms with van der Waals surface area (Å²) in [5.74, 6) is -0.991. The summed E-state index contributed by atoms with van der Waals surface area (Å²) < 4.78 is 5.36. The highest BCUT2D eigenvalue weighted by molar-refractivity contribution is 6.32. The summed E-state index contributed by atoms with van der Waals surface area (Å²) in [6, 6.07) is 13.6. The molecule has 0 saturated carbocycles. The largest absolute Gasteiger partial charge is 0.378 e. The van der Waals surface area contributed by atoms with Crippen molar-refractivity contribution >= 4 is 40.8 Å². The van der Waals surface area contributed by atoms with Gasteiger partial charge in [-0.05, 0) is 37.3 Å². The Kier molecular flexibility index (Phi) is 5.84. The van der Waals surface area contributed by atoms with Crippen molar-refractivity contribution in [1.29, 1.82) is 0 Å². The van der Waals surface area contributed by atoms with Gasteiger partial charge in [0.15, 0.2) is 0 Å². The molecule has 2 heterocycles. The molecule has 162 valence electrons. The first-order chi connectivity index (χ1) is 14.9. The predicted molar refractivity (Wildman–Crippen MR) is 117 cm³/mol. The monoisotopic (exact) mass is 442 g/mol. The molecule has 31 heavy (non-hydrogen) atoms. The summed E-state index contributed by atoms with van der Waals surface area (Å²) in [4.78, 5) is 41.1. The number of halogens is 1. The van der Waals surface area contributed by atoms with Crippen LogP contribution in [0.1, 0.15) is 12.5 Å². The van der Waals surface area contributed by atoms with Crippen LogP contribution in [0.3, 0.4) is 0 Å². The summed E-state index contributed by atoms with van der Waals surface area (Å²) in [5.41, 5.74) is 0.792. The van der Waals surface area contributed by atoms with Crippen LogP contribution in [0.2, 0.25) is 5.02 Å². The molecule has 1 atom stereocenters. The van der Waals surface area contributed by atoms with Crippen LogP contribution >= 0.6 is 11.6 Å². The number of carbonyl (C=O) groups excluding carboxylic acids is 3. The molecule has 2 aliphatic rings. The van der Waals surface area contributed by atoms with E-state index in [4.69, 9.17) is 16.3 Å². The number of amides is 4. The highest BCUT2D eigenvalue weighted by Gasteiger charge is 2.50. The fraction of sp³-hybridized carbons (Fsp3) is 0.318. The first-order valence-corrected chi connectivity index (χ1v) is 10.4. The topological polar surface area (TPSA) is 91.0 Å². The molecule has 0 spiro atoms. The molecule has 2 fully saturated rings. The van der Waals surface area contributed by atoms with Crippen LogP contribution in [-0.4, -0.2) is 55.6 Å². The van der Waals surface area contributed by atoms with Gasteiger partial charge in [0.05, 0.1) is 13.2 Å². The molecular formula is C22H23ClN4O4. The van der Waals surface area contributed by atoms with Crippen LogP contribution in [0.15, 0.2) is 48.5 Å². The van der Waals surface area contributed by atoms with E-state index in [1.165, 1.54) is 0 Å². The van der Waals surface area contributed by atoms with Crippen LogP contribution in [0.5, 0.6) is 0 Å². The van der Waals surface area contributed by atoms with Crippen LogP contribution in [0, 0.1) is 0 Å². The molecule has 0 aromatic heterocycles. The Balaban J connectivity index is 1.41. The van der Waals surface area contributed by atoms with E-state index in [0.29, 0.717) is 29.5 Å². The average Bonchev–Trinajstić information content (AvgIpc) is 2.99. The Morgan fingerprint density at radius 2 is 1.81 bits per heavy atom. The van der Waals surface area contributed by atoms with Crippen molar-refractivity contribution in [3.05, 3.63) is 59.1 Å². The molecule has 0 aliphatic carbocycles. The van der Waals surface area contributed by atoms with Gasteiger partial charge >= 0.3 is 6.03 Å². The third-order valence-electron chi connectivity index (χ3n) is 5.52. The number of carbonyl (C=O) groups is 3. The van der Waals surface area contributed by atoms with Crippen molar-refractivity contribution in [1.82, 2.24) is 10.2 Å². The summed E-state index contributed by atoms with van der Waals surface area (Å²) in [6.45, 7) is 4.21. The van der Waals surface area contributed by atoms with E-state index in [-0.39, 0.29) is 0 Å². The molecule has 2 aromatic carbocycles. The molecule has 0 bridgehead atoms. The van der Waals surface area contributed by atoms with Gasteiger partial charge in [-0.3, -0.25) is 14.5 Å². The van der Waals surface area contributed by atoms with Crippen LogP contribution in [0.4, 0.5) is 16.2 Å². The van der Waals surface area contributed by atoms with Crippen molar-refractivity contribution < 1.29 is 19.1 Å². The smallest absolute Gasteiger partial charge is 0.325 e. The molecule has 2 N–H and O–H groups in total. The fourth-order valence-electron chi connectivity index (χ4n) is 3.81. The minimum Gasteiger partial charge on any atom is -0.378 e. The van der Waals surface area contributed by atoms with Crippen LogP contribution in [0.25, 0.3) is 0 Å². The van der Waals surface area contributed by atoms with Gasteiger partial charge in [0, 0.05) is 35.1 Å². The van der Waals surface area contributed by atoms with Crippen LogP contribution in [-0.2, 0) is 19.9 Å². The van der Waals surface area contributed by atoms with Crippen molar-refractivity contribution in [2.75, 3.05) is 43.1 Å². The van der Waals surface area contributed by atoms with E-state index in [1.807, 2.05) is 12.1 Å². The van der Waals surface area contributed by atoms with Gasteiger partial charge < -0.3 is 20.3 Å². The Bertz CT molecular complexity index is 1010. The van der Waals surface area contributed by atoms with E-state index in [2.05, 4.69) is 15.5 Å². The Morgan fingerprint density at radius 3 is 2.48 bits per heavy atom. The number of imide groups is 1. The second-order valence-electron chi connectivity index (χ2n) is 7.62. The fourth-order valence-corrected chi connectivity index (χ4v) is 4.14. The number of benzene rings is 2.